The van der Waals surface area contributed by atoms with Crippen LogP contribution < -0.4 is 0 Å². The molecule has 0 aromatic rings. The highest BCUT2D eigenvalue weighted by molar-refractivity contribution is 5.81. The lowest BCUT2D eigenvalue weighted by atomic mass is 9.58. The van der Waals surface area contributed by atoms with Gasteiger partial charge in [-0.1, -0.05) is 0 Å². The average Bonchev–Trinajstić information content (AvgIpc) is 1.88. The largest absolute Gasteiger partial charge is 0.459 e. The quantitative estimate of drug-likeness (QED) is 0.497. The van der Waals surface area contributed by atoms with E-state index in [-0.39, 0.29) is 17.0 Å². The molecule has 1 aliphatic heterocycles. The van der Waals surface area contributed by atoms with Crippen LogP contribution in [-0.4, -0.2) is 11.6 Å². The molecule has 2 aliphatic rings. The van der Waals surface area contributed by atoms with E-state index in [0.29, 0.717) is 5.92 Å². The van der Waals surface area contributed by atoms with Gasteiger partial charge in [-0.05, 0) is 33.6 Å². The molecule has 1 heterocycles. The minimum absolute atomic E-state index is 0.0127. The van der Waals surface area contributed by atoms with Gasteiger partial charge >= 0.3 is 5.97 Å². The van der Waals surface area contributed by atoms with E-state index in [1.54, 1.807) is 0 Å². The number of rotatable bonds is 0. The molecular weight excluding hydrogens is 140 g/mol. The van der Waals surface area contributed by atoms with Gasteiger partial charge in [0.25, 0.3) is 0 Å². The average molecular weight is 154 g/mol. The first-order valence-electron chi connectivity index (χ1n) is 4.20. The Bertz CT molecular complexity index is 220. The Balaban J connectivity index is 2.35. The van der Waals surface area contributed by atoms with Crippen molar-refractivity contribution in [3.05, 3.63) is 0 Å². The van der Waals surface area contributed by atoms with E-state index in [1.807, 2.05) is 20.8 Å². The van der Waals surface area contributed by atoms with Crippen LogP contribution in [-0.2, 0) is 9.53 Å². The van der Waals surface area contributed by atoms with Crippen molar-refractivity contribution in [2.45, 2.75) is 39.2 Å². The summed E-state index contributed by atoms with van der Waals surface area (Å²) in [6.45, 7) is 6.05. The number of hydrogen-bond acceptors (Lipinski definition) is 2. The molecule has 0 unspecified atom stereocenters. The highest BCUT2D eigenvalue weighted by Crippen LogP contribution is 2.58. The van der Waals surface area contributed by atoms with Crippen molar-refractivity contribution in [2.24, 2.45) is 11.3 Å². The van der Waals surface area contributed by atoms with Crippen molar-refractivity contribution in [3.8, 4) is 0 Å². The van der Waals surface area contributed by atoms with Crippen molar-refractivity contribution in [1.29, 1.82) is 0 Å². The van der Waals surface area contributed by atoms with Crippen LogP contribution in [0.25, 0.3) is 0 Å². The second-order valence-electron chi connectivity index (χ2n) is 4.50. The van der Waals surface area contributed by atoms with Gasteiger partial charge in [-0.25, -0.2) is 0 Å². The van der Waals surface area contributed by atoms with Gasteiger partial charge in [-0.3, -0.25) is 4.79 Å². The molecule has 0 amide bonds. The summed E-state index contributed by atoms with van der Waals surface area (Å²) in [7, 11) is 0. The predicted octanol–water partition coefficient (Wildman–Crippen LogP) is 1.74. The minimum Gasteiger partial charge on any atom is -0.459 e. The van der Waals surface area contributed by atoms with Crippen LogP contribution in [0, 0.1) is 11.3 Å². The van der Waals surface area contributed by atoms with Crippen molar-refractivity contribution >= 4 is 5.97 Å². The van der Waals surface area contributed by atoms with Crippen LogP contribution in [0.15, 0.2) is 0 Å². The molecule has 0 radical (unpaired) electrons. The fourth-order valence-electron chi connectivity index (χ4n) is 2.51. The molecule has 11 heavy (non-hydrogen) atoms. The number of esters is 1. The normalized spacial score (nSPS) is 46.1. The summed E-state index contributed by atoms with van der Waals surface area (Å²) in [5, 5.41) is 0. The first kappa shape index (κ1) is 7.14. The zero-order valence-corrected chi connectivity index (χ0v) is 7.31. The SMILES string of the molecule is CC1(C)OC(=O)[C@@]2(C)CC[C@@H]12. The highest BCUT2D eigenvalue weighted by atomic mass is 16.6. The van der Waals surface area contributed by atoms with Crippen LogP contribution in [0.1, 0.15) is 33.6 Å². The van der Waals surface area contributed by atoms with Crippen molar-refractivity contribution in [1.82, 2.24) is 0 Å². The Morgan fingerprint density at radius 1 is 1.45 bits per heavy atom. The lowest BCUT2D eigenvalue weighted by Gasteiger charge is -2.41. The van der Waals surface area contributed by atoms with Gasteiger partial charge in [0.15, 0.2) is 0 Å². The lowest BCUT2D eigenvalue weighted by molar-refractivity contribution is -0.152. The summed E-state index contributed by atoms with van der Waals surface area (Å²) in [4.78, 5) is 11.4. The second kappa shape index (κ2) is 1.62. The minimum atomic E-state index is -0.204. The van der Waals surface area contributed by atoms with Crippen molar-refractivity contribution < 1.29 is 9.53 Å². The third-order valence-corrected chi connectivity index (χ3v) is 3.38. The molecule has 2 heteroatoms. The predicted molar refractivity (Wildman–Crippen MR) is 41.0 cm³/mol. The van der Waals surface area contributed by atoms with E-state index in [1.165, 1.54) is 0 Å². The molecule has 0 aromatic carbocycles. The van der Waals surface area contributed by atoms with Crippen LogP contribution in [0.4, 0.5) is 0 Å². The van der Waals surface area contributed by atoms with E-state index in [4.69, 9.17) is 4.74 Å². The monoisotopic (exact) mass is 154 g/mol. The van der Waals surface area contributed by atoms with Crippen LogP contribution in [0.2, 0.25) is 0 Å². The molecule has 2 fully saturated rings. The summed E-state index contributed by atoms with van der Waals surface area (Å²) in [6.07, 6.45) is 2.16. The Morgan fingerprint density at radius 3 is 2.27 bits per heavy atom. The maximum Gasteiger partial charge on any atom is 0.312 e. The van der Waals surface area contributed by atoms with E-state index in [2.05, 4.69) is 0 Å². The van der Waals surface area contributed by atoms with E-state index >= 15 is 0 Å². The second-order valence-corrected chi connectivity index (χ2v) is 4.50. The van der Waals surface area contributed by atoms with Gasteiger partial charge < -0.3 is 4.74 Å². The molecule has 1 aliphatic carbocycles. The van der Waals surface area contributed by atoms with Gasteiger partial charge in [-0.15, -0.1) is 0 Å². The Hall–Kier alpha value is -0.530. The van der Waals surface area contributed by atoms with E-state index in [0.717, 1.165) is 12.8 Å². The Labute approximate surface area is 66.9 Å². The summed E-state index contributed by atoms with van der Waals surface area (Å²) < 4.78 is 5.30. The summed E-state index contributed by atoms with van der Waals surface area (Å²) in [5.74, 6) is 0.473. The fraction of sp³-hybridized carbons (Fsp3) is 0.889. The first-order chi connectivity index (χ1) is 4.97. The third kappa shape index (κ3) is 0.652. The maximum absolute atomic E-state index is 11.4. The lowest BCUT2D eigenvalue weighted by Crippen LogP contribution is -2.44. The van der Waals surface area contributed by atoms with E-state index < -0.39 is 0 Å². The molecule has 1 saturated carbocycles. The molecule has 62 valence electrons. The van der Waals surface area contributed by atoms with Gasteiger partial charge in [0.1, 0.15) is 5.60 Å². The van der Waals surface area contributed by atoms with Crippen LogP contribution >= 0.6 is 0 Å². The smallest absolute Gasteiger partial charge is 0.312 e. The van der Waals surface area contributed by atoms with Gasteiger partial charge in [-0.2, -0.15) is 0 Å². The number of ether oxygens (including phenoxy) is 1. The number of cyclic esters (lactones) is 1. The zero-order chi connectivity index (χ0) is 8.28. The Morgan fingerprint density at radius 2 is 2.09 bits per heavy atom. The molecule has 2 atom stereocenters. The molecule has 0 N–H and O–H groups in total. The molecule has 2 rings (SSSR count). The van der Waals surface area contributed by atoms with Crippen molar-refractivity contribution in [2.75, 3.05) is 0 Å². The molecule has 0 aromatic heterocycles. The number of carbonyl (C=O) groups is 1. The zero-order valence-electron chi connectivity index (χ0n) is 7.31. The molecule has 1 saturated heterocycles. The van der Waals surface area contributed by atoms with Gasteiger partial charge in [0.05, 0.1) is 5.41 Å². The molecular formula is C9H14O2. The molecule has 2 nitrogen and oxygen atoms in total. The van der Waals surface area contributed by atoms with Crippen molar-refractivity contribution in [3.63, 3.8) is 0 Å². The van der Waals surface area contributed by atoms with E-state index in [9.17, 15) is 4.79 Å². The molecule has 0 spiro atoms. The maximum atomic E-state index is 11.4. The summed E-state index contributed by atoms with van der Waals surface area (Å²) in [5.41, 5.74) is -0.340. The highest BCUT2D eigenvalue weighted by Gasteiger charge is 2.63. The van der Waals surface area contributed by atoms with Gasteiger partial charge in [0.2, 0.25) is 0 Å². The number of hydrogen-bond donors (Lipinski definition) is 0. The first-order valence-corrected chi connectivity index (χ1v) is 4.20. The summed E-state index contributed by atoms with van der Waals surface area (Å²) in [6, 6.07) is 0. The van der Waals surface area contributed by atoms with Gasteiger partial charge in [0, 0.05) is 5.92 Å². The summed E-state index contributed by atoms with van der Waals surface area (Å²) >= 11 is 0. The third-order valence-electron chi connectivity index (χ3n) is 3.38. The number of carbonyl (C=O) groups excluding carboxylic acids is 1. The Kier molecular flexibility index (Phi) is 1.05. The van der Waals surface area contributed by atoms with Crippen LogP contribution in [0.3, 0.4) is 0 Å². The fourth-order valence-corrected chi connectivity index (χ4v) is 2.51. The molecule has 0 bridgehead atoms. The number of fused-ring (bicyclic) bond motifs is 1. The topological polar surface area (TPSA) is 26.3 Å². The van der Waals surface area contributed by atoms with Crippen LogP contribution in [0.5, 0.6) is 0 Å². The standard InChI is InChI=1S/C9H14O2/c1-8(2)6-4-5-9(6,3)7(10)11-8/h6H,4-5H2,1-3H3/t6-,9-/m0/s1.